The number of allylic oxidation sites excluding steroid dienone is 1. The summed E-state index contributed by atoms with van der Waals surface area (Å²) in [5.41, 5.74) is 9.78. The molecular formula is C39H28O4. The molecule has 0 N–H and O–H groups in total. The number of ketones is 2. The van der Waals surface area contributed by atoms with Crippen molar-refractivity contribution in [2.45, 2.75) is 32.6 Å². The largest absolute Gasteiger partial charge is 0.466 e. The smallest absolute Gasteiger partial charge is 0.334 e. The van der Waals surface area contributed by atoms with Crippen LogP contribution in [-0.4, -0.2) is 24.6 Å². The molecule has 0 heterocycles. The molecule has 2 atom stereocenters. The summed E-state index contributed by atoms with van der Waals surface area (Å²) >= 11 is 0. The number of hydrogen-bond acceptors (Lipinski definition) is 4. The summed E-state index contributed by atoms with van der Waals surface area (Å²) in [5.74, 6) is 10.9. The van der Waals surface area contributed by atoms with Crippen LogP contribution in [0.2, 0.25) is 0 Å². The zero-order valence-corrected chi connectivity index (χ0v) is 24.4. The molecule has 3 aliphatic carbocycles. The Morgan fingerprint density at radius 2 is 1.28 bits per heavy atom. The van der Waals surface area contributed by atoms with Crippen LogP contribution in [0.5, 0.6) is 0 Å². The van der Waals surface area contributed by atoms with Crippen LogP contribution in [0.25, 0.3) is 0 Å². The van der Waals surface area contributed by atoms with Gasteiger partial charge in [0.2, 0.25) is 11.6 Å². The van der Waals surface area contributed by atoms with E-state index in [-0.39, 0.29) is 17.8 Å². The summed E-state index contributed by atoms with van der Waals surface area (Å²) in [7, 11) is 1.42. The molecule has 0 saturated heterocycles. The zero-order valence-electron chi connectivity index (χ0n) is 24.4. The van der Waals surface area contributed by atoms with Gasteiger partial charge in [-0.05, 0) is 78.9 Å². The molecule has 4 aromatic rings. The lowest BCUT2D eigenvalue weighted by atomic mass is 9.59. The van der Waals surface area contributed by atoms with Gasteiger partial charge in [0.1, 0.15) is 0 Å². The number of Topliss-reactive ketones (excluding diaryl/α,β-unsaturated/α-hetero) is 2. The van der Waals surface area contributed by atoms with Crippen LogP contribution in [0.1, 0.15) is 90.9 Å². The van der Waals surface area contributed by atoms with Gasteiger partial charge in [-0.3, -0.25) is 9.59 Å². The zero-order chi connectivity index (χ0) is 30.2. The summed E-state index contributed by atoms with van der Waals surface area (Å²) in [6, 6.07) is 26.0. The van der Waals surface area contributed by atoms with Crippen LogP contribution in [-0.2, 0) is 9.53 Å². The van der Waals surface area contributed by atoms with E-state index >= 15 is 0 Å². The molecule has 0 amide bonds. The molecule has 2 unspecified atom stereocenters. The number of esters is 1. The van der Waals surface area contributed by atoms with E-state index in [0.717, 1.165) is 44.5 Å². The number of carbonyl (C=O) groups excluding carboxylic acids is 3. The second-order valence-electron chi connectivity index (χ2n) is 10.8. The number of ether oxygens (including phenoxy) is 1. The summed E-state index contributed by atoms with van der Waals surface area (Å²) in [6.45, 7) is 5.68. The van der Waals surface area contributed by atoms with Gasteiger partial charge in [0.15, 0.2) is 0 Å². The highest BCUT2D eigenvalue weighted by atomic mass is 16.5. The highest BCUT2D eigenvalue weighted by Gasteiger charge is 2.46. The Morgan fingerprint density at radius 3 is 1.93 bits per heavy atom. The van der Waals surface area contributed by atoms with Gasteiger partial charge in [0, 0.05) is 45.2 Å². The van der Waals surface area contributed by atoms with Gasteiger partial charge in [0.25, 0.3) is 0 Å². The van der Waals surface area contributed by atoms with E-state index in [2.05, 4.69) is 35.8 Å². The van der Waals surface area contributed by atoms with Crippen molar-refractivity contribution >= 4 is 17.5 Å². The van der Waals surface area contributed by atoms with E-state index in [1.165, 1.54) is 7.11 Å². The molecule has 0 aliphatic heterocycles. The van der Waals surface area contributed by atoms with E-state index in [1.807, 2.05) is 50.2 Å². The monoisotopic (exact) mass is 560 g/mol. The van der Waals surface area contributed by atoms with Crippen molar-refractivity contribution in [3.05, 3.63) is 152 Å². The molecular weight excluding hydrogens is 532 g/mol. The standard InChI is InChI=1S/C39H28O4/c1-5-10-26-19-20-27(18-17-25-12-9-14-29(22-25)38(41)37(40)28-13-8-11-23(2)21-28)34-32-24(3)33(39(42)43-4)36(35(26)34)31-16-7-6-15-30(31)32/h6-9,11-16,19-22,32,36H,1-4H3. The quantitative estimate of drug-likeness (QED) is 0.118. The third-order valence-corrected chi connectivity index (χ3v) is 8.25. The van der Waals surface area contributed by atoms with Gasteiger partial charge in [-0.15, -0.1) is 5.92 Å². The molecule has 2 bridgehead atoms. The second kappa shape index (κ2) is 11.1. The van der Waals surface area contributed by atoms with Crippen LogP contribution in [0.4, 0.5) is 0 Å². The van der Waals surface area contributed by atoms with E-state index in [9.17, 15) is 14.4 Å². The lowest BCUT2D eigenvalue weighted by Crippen LogP contribution is -2.32. The van der Waals surface area contributed by atoms with E-state index in [1.54, 1.807) is 43.3 Å². The molecule has 4 aromatic carbocycles. The van der Waals surface area contributed by atoms with Crippen LogP contribution in [0.3, 0.4) is 0 Å². The lowest BCUT2D eigenvalue weighted by Gasteiger charge is -2.43. The van der Waals surface area contributed by atoms with Crippen molar-refractivity contribution < 1.29 is 19.1 Å². The van der Waals surface area contributed by atoms with Gasteiger partial charge in [0.05, 0.1) is 7.11 Å². The Morgan fingerprint density at radius 1 is 0.674 bits per heavy atom. The van der Waals surface area contributed by atoms with Crippen molar-refractivity contribution in [2.75, 3.05) is 7.11 Å². The number of benzene rings is 4. The first kappa shape index (κ1) is 27.7. The molecule has 4 heteroatoms. The summed E-state index contributed by atoms with van der Waals surface area (Å²) in [4.78, 5) is 39.1. The van der Waals surface area contributed by atoms with Gasteiger partial charge < -0.3 is 4.74 Å². The van der Waals surface area contributed by atoms with Gasteiger partial charge in [-0.1, -0.05) is 77.9 Å². The topological polar surface area (TPSA) is 60.4 Å². The fourth-order valence-electron chi connectivity index (χ4n) is 6.41. The number of hydrogen-bond donors (Lipinski definition) is 0. The molecule has 0 radical (unpaired) electrons. The molecule has 0 aromatic heterocycles. The maximum atomic E-state index is 13.1. The molecule has 208 valence electrons. The number of carbonyl (C=O) groups is 3. The molecule has 0 saturated carbocycles. The van der Waals surface area contributed by atoms with Crippen molar-refractivity contribution in [3.8, 4) is 23.7 Å². The Bertz CT molecular complexity index is 2020. The highest BCUT2D eigenvalue weighted by molar-refractivity contribution is 6.49. The first-order chi connectivity index (χ1) is 20.8. The highest BCUT2D eigenvalue weighted by Crippen LogP contribution is 2.57. The fraction of sp³-hybridized carbons (Fsp3) is 0.154. The number of methoxy groups -OCH3 is 1. The molecule has 43 heavy (non-hydrogen) atoms. The first-order valence-corrected chi connectivity index (χ1v) is 14.1. The minimum absolute atomic E-state index is 0.173. The van der Waals surface area contributed by atoms with E-state index in [4.69, 9.17) is 4.74 Å². The minimum atomic E-state index is -0.570. The third-order valence-electron chi connectivity index (χ3n) is 8.25. The normalized spacial score (nSPS) is 15.7. The van der Waals surface area contributed by atoms with Crippen molar-refractivity contribution in [1.82, 2.24) is 0 Å². The summed E-state index contributed by atoms with van der Waals surface area (Å²) < 4.78 is 5.25. The summed E-state index contributed by atoms with van der Waals surface area (Å²) in [6.07, 6.45) is 0. The van der Waals surface area contributed by atoms with Crippen LogP contribution in [0, 0.1) is 30.6 Å². The van der Waals surface area contributed by atoms with Gasteiger partial charge in [-0.2, -0.15) is 0 Å². The van der Waals surface area contributed by atoms with Crippen LogP contribution < -0.4 is 0 Å². The van der Waals surface area contributed by atoms with Crippen molar-refractivity contribution in [1.29, 1.82) is 0 Å². The average molecular weight is 561 g/mol. The van der Waals surface area contributed by atoms with Crippen LogP contribution in [0.15, 0.2) is 96.1 Å². The summed E-state index contributed by atoms with van der Waals surface area (Å²) in [5, 5.41) is 0. The van der Waals surface area contributed by atoms with Gasteiger partial charge in [-0.25, -0.2) is 4.79 Å². The number of aryl methyl sites for hydroxylation is 1. The Labute approximate surface area is 251 Å². The minimum Gasteiger partial charge on any atom is -0.466 e. The molecule has 0 spiro atoms. The third kappa shape index (κ3) is 4.68. The van der Waals surface area contributed by atoms with E-state index in [0.29, 0.717) is 22.3 Å². The molecule has 3 aliphatic rings. The SMILES string of the molecule is CC#Cc1ccc(C#Cc2cccc(C(=O)C(=O)c3cccc(C)c3)c2)c2c1C1C(C(=O)OC)=C(C)C2c2ccccc21. The van der Waals surface area contributed by atoms with Gasteiger partial charge >= 0.3 is 5.97 Å². The lowest BCUT2D eigenvalue weighted by molar-refractivity contribution is -0.136. The maximum Gasteiger partial charge on any atom is 0.334 e. The molecule has 7 rings (SSSR count). The molecule has 0 fully saturated rings. The Kier molecular flexibility index (Phi) is 7.14. The molecule has 4 nitrogen and oxygen atoms in total. The Hall–Kier alpha value is -5.45. The predicted molar refractivity (Wildman–Crippen MR) is 166 cm³/mol. The van der Waals surface area contributed by atoms with Crippen LogP contribution >= 0.6 is 0 Å². The fourth-order valence-corrected chi connectivity index (χ4v) is 6.41. The Balaban J connectivity index is 1.45. The average Bonchev–Trinajstić information content (AvgIpc) is 3.03. The predicted octanol–water partition coefficient (Wildman–Crippen LogP) is 6.91. The van der Waals surface area contributed by atoms with Crippen molar-refractivity contribution in [2.24, 2.45) is 0 Å². The van der Waals surface area contributed by atoms with Crippen molar-refractivity contribution in [3.63, 3.8) is 0 Å². The first-order valence-electron chi connectivity index (χ1n) is 14.1. The maximum absolute atomic E-state index is 13.1. The van der Waals surface area contributed by atoms with E-state index < -0.39 is 11.6 Å². The second-order valence-corrected chi connectivity index (χ2v) is 10.8. The number of rotatable bonds is 4.